The van der Waals surface area contributed by atoms with Crippen molar-refractivity contribution in [3.63, 3.8) is 0 Å². The topological polar surface area (TPSA) is 84.9 Å². The van der Waals surface area contributed by atoms with Crippen LogP contribution in [0.1, 0.15) is 44.9 Å². The van der Waals surface area contributed by atoms with Gasteiger partial charge in [0, 0.05) is 6.07 Å². The Morgan fingerprint density at radius 1 is 0.973 bits per heavy atom. The monoisotopic (exact) mass is 526 g/mol. The summed E-state index contributed by atoms with van der Waals surface area (Å²) in [6.07, 6.45) is 0. The molecule has 196 valence electrons. The highest BCUT2D eigenvalue weighted by molar-refractivity contribution is 7.92. The van der Waals surface area contributed by atoms with Gasteiger partial charge in [0.1, 0.15) is 25.6 Å². The second-order valence-electron chi connectivity index (χ2n) is 9.95. The van der Waals surface area contributed by atoms with Crippen LogP contribution in [0.4, 0.5) is 10.1 Å². The smallest absolute Gasteiger partial charge is 0.264 e. The van der Waals surface area contributed by atoms with Gasteiger partial charge < -0.3 is 14.8 Å². The van der Waals surface area contributed by atoms with Gasteiger partial charge in [0.05, 0.1) is 16.6 Å². The molecule has 1 heterocycles. The van der Waals surface area contributed by atoms with Gasteiger partial charge in [-0.25, -0.2) is 12.8 Å². The lowest BCUT2D eigenvalue weighted by Crippen LogP contribution is -2.41. The molecule has 1 aliphatic heterocycles. The SMILES string of the molecule is C[C@H](NC(=O)CN(c1ccc(F)cc1)S(=O)(=O)c1ccc2c(c1)OCCO2)c1ccc(C(C)(C)C)cc1. The highest BCUT2D eigenvalue weighted by Crippen LogP contribution is 2.34. The number of fused-ring (bicyclic) bond motifs is 1. The fourth-order valence-corrected chi connectivity index (χ4v) is 5.44. The fraction of sp³-hybridized carbons (Fsp3) is 0.321. The molecule has 0 saturated heterocycles. The molecule has 4 rings (SSSR count). The third-order valence-corrected chi connectivity index (χ3v) is 7.93. The van der Waals surface area contributed by atoms with Gasteiger partial charge in [0.2, 0.25) is 5.91 Å². The number of carbonyl (C=O) groups excluding carboxylic acids is 1. The number of rotatable bonds is 7. The predicted octanol–water partition coefficient (Wildman–Crippen LogP) is 4.97. The van der Waals surface area contributed by atoms with E-state index in [0.717, 1.165) is 22.0 Å². The van der Waals surface area contributed by atoms with Crippen LogP contribution in [-0.2, 0) is 20.2 Å². The lowest BCUT2D eigenvalue weighted by Gasteiger charge is -2.26. The average Bonchev–Trinajstić information content (AvgIpc) is 2.87. The van der Waals surface area contributed by atoms with Gasteiger partial charge in [-0.05, 0) is 59.9 Å². The van der Waals surface area contributed by atoms with E-state index < -0.39 is 28.3 Å². The highest BCUT2D eigenvalue weighted by Gasteiger charge is 2.29. The average molecular weight is 527 g/mol. The summed E-state index contributed by atoms with van der Waals surface area (Å²) in [5, 5.41) is 2.88. The standard InChI is InChI=1S/C28H31FN2O5S/c1-19(20-5-7-21(8-6-20)28(2,3)4)30-27(32)18-31(23-11-9-22(29)10-12-23)37(33,34)24-13-14-25-26(17-24)36-16-15-35-25/h5-14,17,19H,15-16,18H2,1-4H3,(H,30,32)/t19-/m0/s1. The Bertz CT molecular complexity index is 1370. The van der Waals surface area contributed by atoms with Crippen LogP contribution < -0.4 is 19.1 Å². The van der Waals surface area contributed by atoms with Gasteiger partial charge in [-0.15, -0.1) is 0 Å². The molecule has 3 aromatic rings. The van der Waals surface area contributed by atoms with Gasteiger partial charge in [-0.3, -0.25) is 9.10 Å². The van der Waals surface area contributed by atoms with E-state index >= 15 is 0 Å². The predicted molar refractivity (Wildman–Crippen MR) is 140 cm³/mol. The van der Waals surface area contributed by atoms with Gasteiger partial charge in [0.15, 0.2) is 11.5 Å². The van der Waals surface area contributed by atoms with Gasteiger partial charge >= 0.3 is 0 Å². The number of ether oxygens (including phenoxy) is 2. The Labute approximate surface area is 217 Å². The minimum atomic E-state index is -4.20. The van der Waals surface area contributed by atoms with E-state index in [0.29, 0.717) is 24.7 Å². The van der Waals surface area contributed by atoms with Gasteiger partial charge in [0.25, 0.3) is 10.0 Å². The molecular weight excluding hydrogens is 495 g/mol. The summed E-state index contributed by atoms with van der Waals surface area (Å²) in [5.74, 6) is -0.263. The van der Waals surface area contributed by atoms with Crippen LogP contribution in [0.25, 0.3) is 0 Å². The van der Waals surface area contributed by atoms with Crippen molar-refractivity contribution in [1.29, 1.82) is 0 Å². The molecule has 7 nitrogen and oxygen atoms in total. The first-order valence-corrected chi connectivity index (χ1v) is 13.5. The molecular formula is C28H31FN2O5S. The van der Waals surface area contributed by atoms with E-state index in [9.17, 15) is 17.6 Å². The fourth-order valence-electron chi connectivity index (χ4n) is 4.01. The maximum Gasteiger partial charge on any atom is 0.264 e. The molecule has 0 unspecified atom stereocenters. The zero-order chi connectivity index (χ0) is 26.8. The van der Waals surface area contributed by atoms with Gasteiger partial charge in [-0.1, -0.05) is 45.0 Å². The first kappa shape index (κ1) is 26.5. The van der Waals surface area contributed by atoms with E-state index in [1.165, 1.54) is 35.9 Å². The number of anilines is 1. The van der Waals surface area contributed by atoms with Crippen molar-refractivity contribution in [3.05, 3.63) is 83.7 Å². The zero-order valence-electron chi connectivity index (χ0n) is 21.3. The number of sulfonamides is 1. The quantitative estimate of drug-likeness (QED) is 0.470. The van der Waals surface area contributed by atoms with E-state index in [2.05, 4.69) is 26.1 Å². The maximum atomic E-state index is 13.7. The maximum absolute atomic E-state index is 13.7. The Balaban J connectivity index is 1.58. The molecule has 0 bridgehead atoms. The molecule has 0 aromatic heterocycles. The molecule has 1 atom stereocenters. The second kappa shape index (κ2) is 10.4. The molecule has 0 saturated carbocycles. The molecule has 0 spiro atoms. The van der Waals surface area contributed by atoms with E-state index in [-0.39, 0.29) is 22.0 Å². The van der Waals surface area contributed by atoms with Crippen LogP contribution >= 0.6 is 0 Å². The summed E-state index contributed by atoms with van der Waals surface area (Å²) in [5.41, 5.74) is 2.23. The van der Waals surface area contributed by atoms with E-state index in [4.69, 9.17) is 9.47 Å². The van der Waals surface area contributed by atoms with Crippen LogP contribution in [0, 0.1) is 5.82 Å². The summed E-state index contributed by atoms with van der Waals surface area (Å²) < 4.78 is 53.0. The molecule has 37 heavy (non-hydrogen) atoms. The van der Waals surface area contributed by atoms with Crippen LogP contribution in [0.5, 0.6) is 11.5 Å². The number of benzene rings is 3. The number of hydrogen-bond acceptors (Lipinski definition) is 5. The lowest BCUT2D eigenvalue weighted by molar-refractivity contribution is -0.120. The molecule has 9 heteroatoms. The van der Waals surface area contributed by atoms with Crippen molar-refractivity contribution in [2.75, 3.05) is 24.1 Å². The number of nitrogens with one attached hydrogen (secondary N) is 1. The summed E-state index contributed by atoms with van der Waals surface area (Å²) in [7, 11) is -4.20. The summed E-state index contributed by atoms with van der Waals surface area (Å²) in [6.45, 7) is 8.39. The molecule has 1 aliphatic rings. The Morgan fingerprint density at radius 2 is 1.59 bits per heavy atom. The third kappa shape index (κ3) is 6.05. The van der Waals surface area contributed by atoms with Crippen LogP contribution in [0.15, 0.2) is 71.6 Å². The first-order chi connectivity index (χ1) is 17.4. The summed E-state index contributed by atoms with van der Waals surface area (Å²) >= 11 is 0. The minimum absolute atomic E-state index is 0.00286. The Morgan fingerprint density at radius 3 is 2.22 bits per heavy atom. The molecule has 0 aliphatic carbocycles. The van der Waals surface area contributed by atoms with E-state index in [1.54, 1.807) is 0 Å². The number of carbonyl (C=O) groups is 1. The molecule has 0 radical (unpaired) electrons. The Hall–Kier alpha value is -3.59. The van der Waals surface area contributed by atoms with Crippen LogP contribution in [-0.4, -0.2) is 34.1 Å². The van der Waals surface area contributed by atoms with Crippen molar-refractivity contribution < 1.29 is 27.1 Å². The second-order valence-corrected chi connectivity index (χ2v) is 11.8. The molecule has 1 amide bonds. The summed E-state index contributed by atoms with van der Waals surface area (Å²) in [6, 6.07) is 16.8. The molecule has 0 fully saturated rings. The molecule has 3 aromatic carbocycles. The molecule has 1 N–H and O–H groups in total. The first-order valence-electron chi connectivity index (χ1n) is 12.0. The lowest BCUT2D eigenvalue weighted by atomic mass is 9.86. The Kier molecular flexibility index (Phi) is 7.45. The number of halogens is 1. The normalized spacial score (nSPS) is 14.1. The van der Waals surface area contributed by atoms with Crippen molar-refractivity contribution in [2.45, 2.75) is 44.0 Å². The summed E-state index contributed by atoms with van der Waals surface area (Å²) in [4.78, 5) is 13.0. The van der Waals surface area contributed by atoms with Crippen molar-refractivity contribution >= 4 is 21.6 Å². The van der Waals surface area contributed by atoms with Crippen LogP contribution in [0.2, 0.25) is 0 Å². The number of amides is 1. The van der Waals surface area contributed by atoms with E-state index in [1.807, 2.05) is 31.2 Å². The highest BCUT2D eigenvalue weighted by atomic mass is 32.2. The minimum Gasteiger partial charge on any atom is -0.486 e. The van der Waals surface area contributed by atoms with Crippen molar-refractivity contribution in [2.24, 2.45) is 0 Å². The zero-order valence-corrected chi connectivity index (χ0v) is 22.1. The number of hydrogen-bond donors (Lipinski definition) is 1. The van der Waals surface area contributed by atoms with Crippen molar-refractivity contribution in [1.82, 2.24) is 5.32 Å². The number of nitrogens with zero attached hydrogens (tertiary/aromatic N) is 1. The third-order valence-electron chi connectivity index (χ3n) is 6.16. The van der Waals surface area contributed by atoms with Crippen LogP contribution in [0.3, 0.4) is 0 Å². The van der Waals surface area contributed by atoms with Gasteiger partial charge in [-0.2, -0.15) is 0 Å². The van der Waals surface area contributed by atoms with Crippen molar-refractivity contribution in [3.8, 4) is 11.5 Å². The largest absolute Gasteiger partial charge is 0.486 e.